The van der Waals surface area contributed by atoms with Crippen molar-refractivity contribution in [3.05, 3.63) is 29.8 Å². The van der Waals surface area contributed by atoms with Gasteiger partial charge in [-0.2, -0.15) is 0 Å². The molecule has 0 aliphatic carbocycles. The molecule has 0 aliphatic heterocycles. The van der Waals surface area contributed by atoms with Gasteiger partial charge in [0.05, 0.1) is 0 Å². The highest BCUT2D eigenvalue weighted by Crippen LogP contribution is 2.14. The number of nitrogens with one attached hydrogen (secondary N) is 1. The molecular formula is C12H19NO. The van der Waals surface area contributed by atoms with E-state index in [4.69, 9.17) is 4.74 Å². The molecule has 0 heterocycles. The summed E-state index contributed by atoms with van der Waals surface area (Å²) >= 11 is 0. The van der Waals surface area contributed by atoms with Gasteiger partial charge in [-0.25, -0.2) is 0 Å². The van der Waals surface area contributed by atoms with Gasteiger partial charge in [0, 0.05) is 6.54 Å². The number of ether oxygens (including phenoxy) is 1. The van der Waals surface area contributed by atoms with Crippen LogP contribution < -0.4 is 10.1 Å². The van der Waals surface area contributed by atoms with E-state index in [-0.39, 0.29) is 6.10 Å². The molecule has 78 valence electrons. The molecule has 0 saturated carbocycles. The molecule has 1 atom stereocenters. The summed E-state index contributed by atoms with van der Waals surface area (Å²) < 4.78 is 5.82. The Hall–Kier alpha value is -1.02. The summed E-state index contributed by atoms with van der Waals surface area (Å²) in [6.07, 6.45) is 1.29. The smallest absolute Gasteiger partial charge is 0.120 e. The van der Waals surface area contributed by atoms with E-state index in [0.717, 1.165) is 18.7 Å². The Morgan fingerprint density at radius 3 is 2.79 bits per heavy atom. The maximum atomic E-state index is 5.82. The van der Waals surface area contributed by atoms with Crippen molar-refractivity contribution in [1.29, 1.82) is 0 Å². The number of hydrogen-bond donors (Lipinski definition) is 1. The van der Waals surface area contributed by atoms with Crippen LogP contribution in [0.2, 0.25) is 0 Å². The van der Waals surface area contributed by atoms with Crippen molar-refractivity contribution < 1.29 is 4.74 Å². The van der Waals surface area contributed by atoms with E-state index in [1.54, 1.807) is 0 Å². The van der Waals surface area contributed by atoms with Gasteiger partial charge in [-0.15, -0.1) is 0 Å². The van der Waals surface area contributed by atoms with Crippen LogP contribution in [0.15, 0.2) is 24.3 Å². The molecule has 0 radical (unpaired) electrons. The van der Waals surface area contributed by atoms with E-state index in [1.807, 2.05) is 19.2 Å². The summed E-state index contributed by atoms with van der Waals surface area (Å²) in [5.74, 6) is 0.965. The predicted molar refractivity (Wildman–Crippen MR) is 59.8 cm³/mol. The molecule has 0 amide bonds. The van der Waals surface area contributed by atoms with Gasteiger partial charge in [0.15, 0.2) is 0 Å². The van der Waals surface area contributed by atoms with Crippen molar-refractivity contribution in [2.24, 2.45) is 0 Å². The number of likely N-dealkylation sites (N-methyl/N-ethyl adjacent to an activating group) is 1. The van der Waals surface area contributed by atoms with Crippen LogP contribution in [0.5, 0.6) is 5.75 Å². The molecule has 2 nitrogen and oxygen atoms in total. The third kappa shape index (κ3) is 3.38. The summed E-state index contributed by atoms with van der Waals surface area (Å²) in [5, 5.41) is 3.13. The molecule has 1 N–H and O–H groups in total. The third-order valence-corrected chi connectivity index (χ3v) is 2.18. The van der Waals surface area contributed by atoms with Gasteiger partial charge in [0.1, 0.15) is 11.9 Å². The van der Waals surface area contributed by atoms with Crippen LogP contribution in [0, 0.1) is 6.92 Å². The maximum Gasteiger partial charge on any atom is 0.120 e. The van der Waals surface area contributed by atoms with Crippen molar-refractivity contribution >= 4 is 0 Å². The van der Waals surface area contributed by atoms with E-state index in [9.17, 15) is 0 Å². The molecule has 1 aromatic rings. The maximum absolute atomic E-state index is 5.82. The van der Waals surface area contributed by atoms with Crippen molar-refractivity contribution in [3.8, 4) is 5.75 Å². The quantitative estimate of drug-likeness (QED) is 0.775. The Kier molecular flexibility index (Phi) is 4.47. The van der Waals surface area contributed by atoms with Crippen LogP contribution >= 0.6 is 0 Å². The van der Waals surface area contributed by atoms with Gasteiger partial charge in [0.25, 0.3) is 0 Å². The summed E-state index contributed by atoms with van der Waals surface area (Å²) in [6, 6.07) is 8.17. The van der Waals surface area contributed by atoms with Crippen molar-refractivity contribution in [2.75, 3.05) is 13.6 Å². The molecule has 1 aromatic carbocycles. The summed E-state index contributed by atoms with van der Waals surface area (Å²) in [5.41, 5.74) is 1.24. The first kappa shape index (κ1) is 11.1. The Balaban J connectivity index is 2.57. The lowest BCUT2D eigenvalue weighted by Crippen LogP contribution is -2.28. The second-order valence-electron chi connectivity index (χ2n) is 3.52. The summed E-state index contributed by atoms with van der Waals surface area (Å²) in [7, 11) is 1.95. The number of benzene rings is 1. The van der Waals surface area contributed by atoms with E-state index >= 15 is 0 Å². The lowest BCUT2D eigenvalue weighted by Gasteiger charge is -2.17. The third-order valence-electron chi connectivity index (χ3n) is 2.18. The first-order chi connectivity index (χ1) is 6.76. The SMILES string of the molecule is CCC(CNC)Oc1cccc(C)c1. The predicted octanol–water partition coefficient (Wildman–Crippen LogP) is 2.37. The fourth-order valence-corrected chi connectivity index (χ4v) is 1.38. The molecule has 0 saturated heterocycles. The lowest BCUT2D eigenvalue weighted by molar-refractivity contribution is 0.196. The Bertz CT molecular complexity index is 273. The van der Waals surface area contributed by atoms with Gasteiger partial charge in [-0.05, 0) is 38.1 Å². The average molecular weight is 193 g/mol. The fraction of sp³-hybridized carbons (Fsp3) is 0.500. The van der Waals surface area contributed by atoms with Crippen LogP contribution in [0.25, 0.3) is 0 Å². The molecule has 1 rings (SSSR count). The molecule has 1 unspecified atom stereocenters. The molecule has 0 aromatic heterocycles. The van der Waals surface area contributed by atoms with Crippen molar-refractivity contribution in [2.45, 2.75) is 26.4 Å². The van der Waals surface area contributed by atoms with Crippen LogP contribution in [0.4, 0.5) is 0 Å². The minimum Gasteiger partial charge on any atom is -0.489 e. The minimum atomic E-state index is 0.266. The highest BCUT2D eigenvalue weighted by atomic mass is 16.5. The molecule has 0 fully saturated rings. The lowest BCUT2D eigenvalue weighted by atomic mass is 10.2. The molecule has 2 heteroatoms. The van der Waals surface area contributed by atoms with Gasteiger partial charge in [-0.3, -0.25) is 0 Å². The zero-order valence-electron chi connectivity index (χ0n) is 9.21. The number of hydrogen-bond acceptors (Lipinski definition) is 2. The second kappa shape index (κ2) is 5.66. The van der Waals surface area contributed by atoms with Crippen LogP contribution in [0.1, 0.15) is 18.9 Å². The average Bonchev–Trinajstić information content (AvgIpc) is 2.17. The monoisotopic (exact) mass is 193 g/mol. The fourth-order valence-electron chi connectivity index (χ4n) is 1.38. The van der Waals surface area contributed by atoms with Gasteiger partial charge < -0.3 is 10.1 Å². The van der Waals surface area contributed by atoms with Crippen molar-refractivity contribution in [3.63, 3.8) is 0 Å². The first-order valence-corrected chi connectivity index (χ1v) is 5.14. The van der Waals surface area contributed by atoms with Gasteiger partial charge in [-0.1, -0.05) is 19.1 Å². The van der Waals surface area contributed by atoms with Gasteiger partial charge in [0.2, 0.25) is 0 Å². The summed E-state index contributed by atoms with van der Waals surface area (Å²) in [6.45, 7) is 5.11. The molecule has 0 bridgehead atoms. The number of aryl methyl sites for hydroxylation is 1. The van der Waals surface area contributed by atoms with Crippen LogP contribution in [-0.4, -0.2) is 19.7 Å². The summed E-state index contributed by atoms with van der Waals surface area (Å²) in [4.78, 5) is 0. The normalized spacial score (nSPS) is 12.5. The minimum absolute atomic E-state index is 0.266. The van der Waals surface area contributed by atoms with Crippen molar-refractivity contribution in [1.82, 2.24) is 5.32 Å². The van der Waals surface area contributed by atoms with Gasteiger partial charge >= 0.3 is 0 Å². The molecule has 0 aliphatic rings. The topological polar surface area (TPSA) is 21.3 Å². The number of rotatable bonds is 5. The second-order valence-corrected chi connectivity index (χ2v) is 3.52. The zero-order valence-corrected chi connectivity index (χ0v) is 9.21. The van der Waals surface area contributed by atoms with Crippen LogP contribution in [-0.2, 0) is 0 Å². The van der Waals surface area contributed by atoms with E-state index in [0.29, 0.717) is 0 Å². The zero-order chi connectivity index (χ0) is 10.4. The molecule has 14 heavy (non-hydrogen) atoms. The van der Waals surface area contributed by atoms with E-state index < -0.39 is 0 Å². The molecular weight excluding hydrogens is 174 g/mol. The van der Waals surface area contributed by atoms with E-state index in [1.165, 1.54) is 5.56 Å². The highest BCUT2D eigenvalue weighted by Gasteiger charge is 2.05. The molecule has 0 spiro atoms. The Morgan fingerprint density at radius 1 is 1.43 bits per heavy atom. The highest BCUT2D eigenvalue weighted by molar-refractivity contribution is 5.27. The largest absolute Gasteiger partial charge is 0.489 e. The standard InChI is InChI=1S/C12H19NO/c1-4-11(9-13-3)14-12-7-5-6-10(2)8-12/h5-8,11,13H,4,9H2,1-3H3. The van der Waals surface area contributed by atoms with E-state index in [2.05, 4.69) is 31.3 Å². The van der Waals surface area contributed by atoms with Crippen LogP contribution in [0.3, 0.4) is 0 Å². The first-order valence-electron chi connectivity index (χ1n) is 5.14. The Morgan fingerprint density at radius 2 is 2.21 bits per heavy atom. The Labute approximate surface area is 86.3 Å².